The number of nitrogens with one attached hydrogen (secondary N) is 1. The molecule has 2 aliphatic rings. The van der Waals surface area contributed by atoms with Crippen LogP contribution in [0.4, 0.5) is 27.6 Å². The lowest BCUT2D eigenvalue weighted by molar-refractivity contribution is -0.182. The average Bonchev–Trinajstić information content (AvgIpc) is 2.60. The van der Waals surface area contributed by atoms with Gasteiger partial charge in [-0.2, -0.15) is 13.2 Å². The van der Waals surface area contributed by atoms with Gasteiger partial charge in [-0.15, -0.1) is 0 Å². The van der Waals surface area contributed by atoms with Gasteiger partial charge in [-0.25, -0.2) is 13.8 Å². The van der Waals surface area contributed by atoms with Crippen LogP contribution in [0, 0.1) is 5.82 Å². The lowest BCUT2D eigenvalue weighted by Gasteiger charge is -2.31. The number of anilines is 1. The van der Waals surface area contributed by atoms with Crippen LogP contribution < -0.4 is 10.2 Å². The zero-order valence-electron chi connectivity index (χ0n) is 13.5. The lowest BCUT2D eigenvalue weighted by atomic mass is 10.1. The van der Waals surface area contributed by atoms with Crippen molar-refractivity contribution in [2.24, 2.45) is 4.99 Å². The number of rotatable bonds is 4. The van der Waals surface area contributed by atoms with E-state index in [9.17, 15) is 22.0 Å². The number of aliphatic imine (C=N–C) groups is 1. The monoisotopic (exact) mass is 377 g/mol. The van der Waals surface area contributed by atoms with E-state index in [1.54, 1.807) is 0 Å². The highest BCUT2D eigenvalue weighted by Gasteiger charge is 2.34. The zero-order chi connectivity index (χ0) is 18.7. The normalized spacial score (nSPS) is 23.9. The fourth-order valence-corrected chi connectivity index (χ4v) is 2.67. The topological polar surface area (TPSA) is 46.1 Å². The second-order valence-corrected chi connectivity index (χ2v) is 5.73. The summed E-state index contributed by atoms with van der Waals surface area (Å²) in [5, 5.41) is 3.08. The van der Waals surface area contributed by atoms with Gasteiger partial charge in [0.15, 0.2) is 12.1 Å². The quantitative estimate of drug-likeness (QED) is 0.820. The van der Waals surface area contributed by atoms with Crippen LogP contribution in [0.2, 0.25) is 0 Å². The number of hydrogen-bond acceptors (Lipinski definition) is 5. The Bertz CT molecular complexity index is 702. The number of benzene rings is 1. The molecule has 0 aromatic heterocycles. The van der Waals surface area contributed by atoms with Crippen LogP contribution in [0.15, 0.2) is 35.2 Å². The minimum atomic E-state index is -4.62. The van der Waals surface area contributed by atoms with Crippen molar-refractivity contribution in [3.8, 4) is 0 Å². The van der Waals surface area contributed by atoms with Crippen molar-refractivity contribution >= 4 is 12.0 Å². The summed E-state index contributed by atoms with van der Waals surface area (Å²) in [6, 6.07) is 3.99. The first-order valence-corrected chi connectivity index (χ1v) is 7.82. The second kappa shape index (κ2) is 7.68. The number of nitrogens with zero attached hydrogens (tertiary/aromatic N) is 2. The summed E-state index contributed by atoms with van der Waals surface area (Å²) in [6.45, 7) is -0.0974. The molecular weight excluding hydrogens is 361 g/mol. The summed E-state index contributed by atoms with van der Waals surface area (Å²) in [7, 11) is 0. The summed E-state index contributed by atoms with van der Waals surface area (Å²) in [4.78, 5) is 4.59. The van der Waals surface area contributed by atoms with Crippen molar-refractivity contribution in [2.45, 2.75) is 18.5 Å². The number of alkyl halides is 3. The average molecular weight is 377 g/mol. The predicted molar refractivity (Wildman–Crippen MR) is 83.9 cm³/mol. The summed E-state index contributed by atoms with van der Waals surface area (Å²) in [5.41, 5.74) is 0.410. The molecule has 1 aromatic carbocycles. The Morgan fingerprint density at radius 1 is 1.31 bits per heavy atom. The maximum Gasteiger partial charge on any atom is 0.411 e. The molecule has 2 atom stereocenters. The molecule has 3 rings (SSSR count). The van der Waals surface area contributed by atoms with Gasteiger partial charge < -0.3 is 14.8 Å². The summed E-state index contributed by atoms with van der Waals surface area (Å²) >= 11 is 0. The highest BCUT2D eigenvalue weighted by atomic mass is 19.4. The van der Waals surface area contributed by atoms with E-state index in [1.165, 1.54) is 12.1 Å². The molecule has 142 valence electrons. The van der Waals surface area contributed by atoms with Gasteiger partial charge in [-0.05, 0) is 12.1 Å². The van der Waals surface area contributed by atoms with Gasteiger partial charge in [0.25, 0.3) is 0 Å². The van der Waals surface area contributed by atoms with E-state index in [2.05, 4.69) is 15.0 Å². The Hall–Kier alpha value is -2.04. The Labute approximate surface area is 146 Å². The van der Waals surface area contributed by atoms with E-state index in [0.29, 0.717) is 25.3 Å². The van der Waals surface area contributed by atoms with E-state index >= 15 is 0 Å². The molecule has 5 nitrogen and oxygen atoms in total. The largest absolute Gasteiger partial charge is 0.411 e. The maximum absolute atomic E-state index is 14.5. The van der Waals surface area contributed by atoms with Gasteiger partial charge in [0.05, 0.1) is 25.2 Å². The number of hydrogen-bond donors (Lipinski definition) is 1. The highest BCUT2D eigenvalue weighted by Crippen LogP contribution is 2.30. The molecule has 0 amide bonds. The van der Waals surface area contributed by atoms with Gasteiger partial charge in [0.2, 0.25) is 0 Å². The molecule has 0 radical (unpaired) electrons. The number of halogens is 5. The van der Waals surface area contributed by atoms with E-state index in [1.807, 2.05) is 0 Å². The minimum absolute atomic E-state index is 0.106. The molecule has 10 heteroatoms. The molecule has 1 unspecified atom stereocenters. The zero-order valence-corrected chi connectivity index (χ0v) is 13.5. The third-order valence-electron chi connectivity index (χ3n) is 3.84. The van der Waals surface area contributed by atoms with E-state index < -0.39 is 36.8 Å². The van der Waals surface area contributed by atoms with Gasteiger partial charge in [-0.3, -0.25) is 4.90 Å². The van der Waals surface area contributed by atoms with Crippen LogP contribution in [-0.2, 0) is 9.47 Å². The van der Waals surface area contributed by atoms with E-state index in [0.717, 1.165) is 23.5 Å². The van der Waals surface area contributed by atoms with Crippen molar-refractivity contribution in [1.82, 2.24) is 5.32 Å². The molecule has 1 saturated heterocycles. The first-order valence-electron chi connectivity index (χ1n) is 7.82. The van der Waals surface area contributed by atoms with Gasteiger partial charge in [0.1, 0.15) is 12.4 Å². The van der Waals surface area contributed by atoms with E-state index in [4.69, 9.17) is 4.74 Å². The molecule has 26 heavy (non-hydrogen) atoms. The molecule has 0 aliphatic carbocycles. The Balaban J connectivity index is 1.80. The highest BCUT2D eigenvalue weighted by molar-refractivity contribution is 5.81. The molecule has 2 heterocycles. The molecule has 1 aromatic rings. The molecule has 1 fully saturated rings. The van der Waals surface area contributed by atoms with Gasteiger partial charge in [-0.1, -0.05) is 6.07 Å². The standard InChI is InChI=1S/C16H16F5N3O2/c17-12-5-10(1-2-11(12)14-7-22-3-4-25-14)24-9-23-6-13(18)15(24)26-8-16(19,20)21/h1-2,5-6,9,14-15,22H,3-4,7-8H2/t14?,15-/m1/s1. The van der Waals surface area contributed by atoms with Crippen molar-refractivity contribution < 1.29 is 31.4 Å². The van der Waals surface area contributed by atoms with Crippen LogP contribution in [0.3, 0.4) is 0 Å². The van der Waals surface area contributed by atoms with Crippen molar-refractivity contribution in [2.75, 3.05) is 31.2 Å². The van der Waals surface area contributed by atoms with Crippen molar-refractivity contribution in [1.29, 1.82) is 0 Å². The Morgan fingerprint density at radius 3 is 2.77 bits per heavy atom. The molecule has 0 saturated carbocycles. The Morgan fingerprint density at radius 2 is 2.12 bits per heavy atom. The van der Waals surface area contributed by atoms with Crippen LogP contribution >= 0.6 is 0 Å². The third kappa shape index (κ3) is 4.37. The summed E-state index contributed by atoms with van der Waals surface area (Å²) in [6.07, 6.45) is -4.93. The van der Waals surface area contributed by atoms with Crippen LogP contribution in [0.5, 0.6) is 0 Å². The first-order chi connectivity index (χ1) is 12.3. The van der Waals surface area contributed by atoms with Gasteiger partial charge in [0, 0.05) is 24.3 Å². The second-order valence-electron chi connectivity index (χ2n) is 5.73. The fourth-order valence-electron chi connectivity index (χ4n) is 2.67. The van der Waals surface area contributed by atoms with Gasteiger partial charge >= 0.3 is 6.18 Å². The van der Waals surface area contributed by atoms with Crippen LogP contribution in [0.1, 0.15) is 11.7 Å². The third-order valence-corrected chi connectivity index (χ3v) is 3.84. The smallest absolute Gasteiger partial charge is 0.371 e. The maximum atomic E-state index is 14.5. The molecule has 0 bridgehead atoms. The molecular formula is C16H16F5N3O2. The van der Waals surface area contributed by atoms with Crippen LogP contribution in [0.25, 0.3) is 0 Å². The first kappa shape index (κ1) is 18.7. The van der Waals surface area contributed by atoms with Crippen molar-refractivity contribution in [3.63, 3.8) is 0 Å². The predicted octanol–water partition coefficient (Wildman–Crippen LogP) is 3.05. The van der Waals surface area contributed by atoms with Crippen molar-refractivity contribution in [3.05, 3.63) is 41.6 Å². The minimum Gasteiger partial charge on any atom is -0.371 e. The van der Waals surface area contributed by atoms with Crippen LogP contribution in [-0.4, -0.2) is 45.0 Å². The summed E-state index contributed by atoms with van der Waals surface area (Å²) in [5.74, 6) is -1.63. The number of morpholine rings is 1. The Kier molecular flexibility index (Phi) is 5.54. The fraction of sp³-hybridized carbons (Fsp3) is 0.438. The number of ether oxygens (including phenoxy) is 2. The lowest BCUT2D eigenvalue weighted by Crippen LogP contribution is -2.41. The SMILES string of the molecule is FC1=CN=CN(c2ccc(C3CNCCO3)c(F)c2)[C@@H]1OCC(F)(F)F. The summed E-state index contributed by atoms with van der Waals surface area (Å²) < 4.78 is 75.7. The van der Waals surface area contributed by atoms with E-state index in [-0.39, 0.29) is 5.69 Å². The molecule has 0 spiro atoms. The molecule has 1 N–H and O–H groups in total. The molecule has 2 aliphatic heterocycles.